The third kappa shape index (κ3) is 5.67. The molecule has 210 valence electrons. The van der Waals surface area contributed by atoms with Crippen LogP contribution in [-0.2, 0) is 9.47 Å². The molecule has 0 saturated carbocycles. The summed E-state index contributed by atoms with van der Waals surface area (Å²) in [6.45, 7) is 13.9. The summed E-state index contributed by atoms with van der Waals surface area (Å²) in [6.07, 6.45) is 7.36. The van der Waals surface area contributed by atoms with Gasteiger partial charge in [0.05, 0.1) is 31.0 Å². The van der Waals surface area contributed by atoms with Crippen LogP contribution in [0.4, 0.5) is 4.79 Å². The summed E-state index contributed by atoms with van der Waals surface area (Å²) in [5.74, 6) is -0.918. The van der Waals surface area contributed by atoms with Crippen LogP contribution in [0.3, 0.4) is 0 Å². The van der Waals surface area contributed by atoms with Crippen LogP contribution >= 0.6 is 0 Å². The van der Waals surface area contributed by atoms with E-state index in [0.717, 1.165) is 53.8 Å². The second kappa shape index (κ2) is 10.7. The molecule has 0 bridgehead atoms. The molecule has 0 spiro atoms. The fraction of sp³-hybridized carbons (Fsp3) is 0.552. The Morgan fingerprint density at radius 2 is 1.77 bits per heavy atom. The van der Waals surface area contributed by atoms with Crippen molar-refractivity contribution in [1.82, 2.24) is 24.0 Å². The van der Waals surface area contributed by atoms with E-state index in [9.17, 15) is 14.7 Å². The van der Waals surface area contributed by atoms with Gasteiger partial charge in [-0.25, -0.2) is 9.59 Å². The lowest BCUT2D eigenvalue weighted by Gasteiger charge is -2.34. The number of rotatable bonds is 5. The van der Waals surface area contributed by atoms with Crippen molar-refractivity contribution < 1.29 is 24.2 Å². The Hall–Kier alpha value is -3.37. The van der Waals surface area contributed by atoms with Gasteiger partial charge in [0.1, 0.15) is 5.60 Å². The molecule has 2 aliphatic heterocycles. The van der Waals surface area contributed by atoms with Crippen molar-refractivity contribution in [1.29, 1.82) is 0 Å². The molecule has 5 heterocycles. The van der Waals surface area contributed by atoms with E-state index in [1.165, 1.54) is 0 Å². The minimum atomic E-state index is -0.918. The first-order valence-corrected chi connectivity index (χ1v) is 13.7. The van der Waals surface area contributed by atoms with Crippen molar-refractivity contribution in [3.05, 3.63) is 47.5 Å². The Kier molecular flexibility index (Phi) is 7.43. The average molecular weight is 538 g/mol. The molecule has 5 rings (SSSR count). The van der Waals surface area contributed by atoms with E-state index in [2.05, 4.69) is 33.7 Å². The number of fused-ring (bicyclic) bond motifs is 1. The SMILES string of the molecule is Cc1c(C(=O)O)cc2cc(-c3cnn(C4CCN(C(=O)OC(C)(C)C)CC4)c3)cn2c1C(C)N1CCOCC1. The fourth-order valence-corrected chi connectivity index (χ4v) is 5.73. The molecule has 39 heavy (non-hydrogen) atoms. The van der Waals surface area contributed by atoms with Crippen LogP contribution < -0.4 is 0 Å². The summed E-state index contributed by atoms with van der Waals surface area (Å²) in [5, 5.41) is 14.6. The number of hydrogen-bond donors (Lipinski definition) is 1. The second-order valence-corrected chi connectivity index (χ2v) is 11.6. The number of carboxylic acids is 1. The maximum Gasteiger partial charge on any atom is 0.410 e. The Morgan fingerprint density at radius 3 is 2.41 bits per heavy atom. The number of aromatic nitrogens is 3. The molecule has 1 atom stereocenters. The third-order valence-electron chi connectivity index (χ3n) is 7.83. The van der Waals surface area contributed by atoms with Gasteiger partial charge in [-0.2, -0.15) is 5.10 Å². The number of carbonyl (C=O) groups excluding carboxylic acids is 1. The van der Waals surface area contributed by atoms with Gasteiger partial charge in [-0.15, -0.1) is 0 Å². The monoisotopic (exact) mass is 537 g/mol. The summed E-state index contributed by atoms with van der Waals surface area (Å²) in [4.78, 5) is 28.7. The van der Waals surface area contributed by atoms with Crippen molar-refractivity contribution in [2.45, 2.75) is 65.1 Å². The number of carbonyl (C=O) groups is 2. The van der Waals surface area contributed by atoms with Gasteiger partial charge in [-0.3, -0.25) is 9.58 Å². The zero-order chi connectivity index (χ0) is 27.9. The summed E-state index contributed by atoms with van der Waals surface area (Å²) in [5.41, 5.74) is 4.41. The Labute approximate surface area is 229 Å². The van der Waals surface area contributed by atoms with Crippen LogP contribution in [0.15, 0.2) is 30.7 Å². The first-order valence-electron chi connectivity index (χ1n) is 13.7. The van der Waals surface area contributed by atoms with Gasteiger partial charge in [0.15, 0.2) is 0 Å². The number of likely N-dealkylation sites (tertiary alicyclic amines) is 1. The molecule has 1 amide bonds. The second-order valence-electron chi connectivity index (χ2n) is 11.6. The standard InChI is InChI=1S/C29H39N5O5/c1-19-25(27(35)36)15-24-14-21(17-33(24)26(19)20(2)31-10-12-38-13-11-31)22-16-30-34(18-22)23-6-8-32(9-7-23)28(37)39-29(3,4)5/h14-18,20,23H,6-13H2,1-5H3,(H,35,36). The highest BCUT2D eigenvalue weighted by atomic mass is 16.6. The summed E-state index contributed by atoms with van der Waals surface area (Å²) in [6, 6.07) is 4.03. The van der Waals surface area contributed by atoms with Crippen LogP contribution in [0, 0.1) is 6.92 Å². The number of aromatic carboxylic acids is 1. The average Bonchev–Trinajstić information content (AvgIpc) is 3.55. The van der Waals surface area contributed by atoms with E-state index >= 15 is 0 Å². The first kappa shape index (κ1) is 27.2. The molecular weight excluding hydrogens is 498 g/mol. The molecule has 0 radical (unpaired) electrons. The number of morpholine rings is 1. The summed E-state index contributed by atoms with van der Waals surface area (Å²) < 4.78 is 15.2. The number of nitrogens with zero attached hydrogens (tertiary/aromatic N) is 5. The Morgan fingerprint density at radius 1 is 1.08 bits per heavy atom. The van der Waals surface area contributed by atoms with Crippen LogP contribution in [-0.4, -0.2) is 86.1 Å². The largest absolute Gasteiger partial charge is 0.478 e. The number of pyridine rings is 1. The fourth-order valence-electron chi connectivity index (χ4n) is 5.73. The number of ether oxygens (including phenoxy) is 2. The quantitative estimate of drug-likeness (QED) is 0.500. The van der Waals surface area contributed by atoms with E-state index in [4.69, 9.17) is 9.47 Å². The number of hydrogen-bond acceptors (Lipinski definition) is 6. The predicted octanol–water partition coefficient (Wildman–Crippen LogP) is 4.77. The maximum atomic E-state index is 12.4. The first-order chi connectivity index (χ1) is 18.5. The topological polar surface area (TPSA) is 102 Å². The highest BCUT2D eigenvalue weighted by molar-refractivity contribution is 5.91. The molecule has 0 aliphatic carbocycles. The molecule has 1 N–H and O–H groups in total. The molecule has 1 unspecified atom stereocenters. The zero-order valence-electron chi connectivity index (χ0n) is 23.5. The molecule has 2 saturated heterocycles. The highest BCUT2D eigenvalue weighted by Gasteiger charge is 2.29. The van der Waals surface area contributed by atoms with Crippen molar-refractivity contribution >= 4 is 17.6 Å². The van der Waals surface area contributed by atoms with Gasteiger partial charge in [-0.05, 0) is 65.2 Å². The number of amides is 1. The Balaban J connectivity index is 1.39. The van der Waals surface area contributed by atoms with Crippen molar-refractivity contribution in [3.63, 3.8) is 0 Å². The van der Waals surface area contributed by atoms with E-state index in [1.807, 2.05) is 44.6 Å². The van der Waals surface area contributed by atoms with Crippen molar-refractivity contribution in [2.24, 2.45) is 0 Å². The lowest BCUT2D eigenvalue weighted by Crippen LogP contribution is -2.42. The van der Waals surface area contributed by atoms with Crippen LogP contribution in [0.1, 0.15) is 74.2 Å². The third-order valence-corrected chi connectivity index (χ3v) is 7.83. The van der Waals surface area contributed by atoms with E-state index in [0.29, 0.717) is 31.9 Å². The van der Waals surface area contributed by atoms with E-state index in [-0.39, 0.29) is 18.2 Å². The van der Waals surface area contributed by atoms with Gasteiger partial charge >= 0.3 is 12.1 Å². The lowest BCUT2D eigenvalue weighted by molar-refractivity contribution is 0.0184. The van der Waals surface area contributed by atoms with Crippen LogP contribution in [0.2, 0.25) is 0 Å². The lowest BCUT2D eigenvalue weighted by atomic mass is 10.0. The van der Waals surface area contributed by atoms with Gasteiger partial charge in [0, 0.05) is 67.0 Å². The minimum Gasteiger partial charge on any atom is -0.478 e. The highest BCUT2D eigenvalue weighted by Crippen LogP contribution is 2.33. The van der Waals surface area contributed by atoms with Crippen molar-refractivity contribution in [2.75, 3.05) is 39.4 Å². The number of piperidine rings is 1. The normalized spacial score (nSPS) is 18.4. The molecule has 10 nitrogen and oxygen atoms in total. The van der Waals surface area contributed by atoms with Crippen molar-refractivity contribution in [3.8, 4) is 11.1 Å². The molecule has 2 aliphatic rings. The smallest absolute Gasteiger partial charge is 0.410 e. The molecule has 0 aromatic carbocycles. The van der Waals surface area contributed by atoms with E-state index in [1.54, 1.807) is 11.0 Å². The van der Waals surface area contributed by atoms with Crippen LogP contribution in [0.5, 0.6) is 0 Å². The number of carboxylic acid groups (broad SMARTS) is 1. The minimum absolute atomic E-state index is 0.0360. The van der Waals surface area contributed by atoms with Gasteiger partial charge in [0.25, 0.3) is 0 Å². The molecular formula is C29H39N5O5. The summed E-state index contributed by atoms with van der Waals surface area (Å²) >= 11 is 0. The molecule has 3 aromatic rings. The zero-order valence-corrected chi connectivity index (χ0v) is 23.5. The molecule has 3 aromatic heterocycles. The van der Waals surface area contributed by atoms with Gasteiger partial charge in [-0.1, -0.05) is 0 Å². The van der Waals surface area contributed by atoms with E-state index < -0.39 is 11.6 Å². The predicted molar refractivity (Wildman–Crippen MR) is 147 cm³/mol. The van der Waals surface area contributed by atoms with Crippen LogP contribution in [0.25, 0.3) is 16.6 Å². The Bertz CT molecular complexity index is 1360. The summed E-state index contributed by atoms with van der Waals surface area (Å²) in [7, 11) is 0. The maximum absolute atomic E-state index is 12.4. The van der Waals surface area contributed by atoms with Gasteiger partial charge < -0.3 is 23.9 Å². The molecule has 10 heteroatoms. The molecule has 2 fully saturated rings. The van der Waals surface area contributed by atoms with Gasteiger partial charge in [0.2, 0.25) is 0 Å².